The van der Waals surface area contributed by atoms with Crippen molar-refractivity contribution in [1.82, 2.24) is 15.0 Å². The number of hydrogen-bond acceptors (Lipinski definition) is 4. The molecule has 0 aliphatic carbocycles. The fourth-order valence-corrected chi connectivity index (χ4v) is 3.56. The van der Waals surface area contributed by atoms with E-state index in [1.165, 1.54) is 12.0 Å². The van der Waals surface area contributed by atoms with Crippen LogP contribution in [-0.4, -0.2) is 28.0 Å². The van der Waals surface area contributed by atoms with Crippen molar-refractivity contribution in [2.45, 2.75) is 26.7 Å². The predicted octanol–water partition coefficient (Wildman–Crippen LogP) is 3.53. The second-order valence-corrected chi connectivity index (χ2v) is 7.01. The number of aromatic nitrogens is 3. The molecule has 1 saturated heterocycles. The maximum absolute atomic E-state index is 12.8. The number of benzene rings is 1. The number of nitrogens with one attached hydrogen (secondary N) is 1. The summed E-state index contributed by atoms with van der Waals surface area (Å²) in [5.74, 6) is 1.25. The third-order valence-electron chi connectivity index (χ3n) is 4.91. The molecule has 1 aliphatic heterocycles. The molecule has 1 fully saturated rings. The van der Waals surface area contributed by atoms with E-state index in [4.69, 9.17) is 0 Å². The Morgan fingerprint density at radius 3 is 2.76 bits per heavy atom. The van der Waals surface area contributed by atoms with Gasteiger partial charge in [0.05, 0.1) is 5.39 Å². The number of aryl methyl sites for hydroxylation is 1. The van der Waals surface area contributed by atoms with Gasteiger partial charge in [-0.2, -0.15) is 4.98 Å². The van der Waals surface area contributed by atoms with Crippen LogP contribution in [0.25, 0.3) is 22.2 Å². The molecule has 2 aromatic heterocycles. The molecule has 5 nitrogen and oxygen atoms in total. The van der Waals surface area contributed by atoms with Gasteiger partial charge in [0.1, 0.15) is 0 Å². The van der Waals surface area contributed by atoms with Gasteiger partial charge in [-0.25, -0.2) is 4.98 Å². The molecule has 1 unspecified atom stereocenters. The third-order valence-corrected chi connectivity index (χ3v) is 4.91. The zero-order valence-electron chi connectivity index (χ0n) is 14.6. The Bertz CT molecular complexity index is 962. The van der Waals surface area contributed by atoms with Crippen molar-refractivity contribution in [3.63, 3.8) is 0 Å². The molecule has 0 spiro atoms. The number of piperidine rings is 1. The SMILES string of the molecule is Cc1ccc(-c2ccnc3nc(N4CCCC(C)C4)[nH]c(=O)c23)cc1. The first kappa shape index (κ1) is 15.8. The number of H-pyrrole nitrogens is 1. The van der Waals surface area contributed by atoms with Crippen LogP contribution in [-0.2, 0) is 0 Å². The van der Waals surface area contributed by atoms with E-state index < -0.39 is 0 Å². The van der Waals surface area contributed by atoms with Gasteiger partial charge in [-0.05, 0) is 42.9 Å². The van der Waals surface area contributed by atoms with Crippen LogP contribution in [0.5, 0.6) is 0 Å². The van der Waals surface area contributed by atoms with E-state index in [1.807, 2.05) is 30.3 Å². The molecule has 1 aliphatic rings. The van der Waals surface area contributed by atoms with Crippen molar-refractivity contribution in [3.8, 4) is 11.1 Å². The Morgan fingerprint density at radius 2 is 2.00 bits per heavy atom. The van der Waals surface area contributed by atoms with Gasteiger partial charge in [0, 0.05) is 19.3 Å². The van der Waals surface area contributed by atoms with Gasteiger partial charge in [0.15, 0.2) is 5.65 Å². The third kappa shape index (κ3) is 3.02. The molecule has 1 atom stereocenters. The minimum absolute atomic E-state index is 0.123. The zero-order valence-corrected chi connectivity index (χ0v) is 14.6. The van der Waals surface area contributed by atoms with Gasteiger partial charge < -0.3 is 4.90 Å². The first-order valence-electron chi connectivity index (χ1n) is 8.83. The fourth-order valence-electron chi connectivity index (χ4n) is 3.56. The monoisotopic (exact) mass is 334 g/mol. The van der Waals surface area contributed by atoms with E-state index >= 15 is 0 Å². The van der Waals surface area contributed by atoms with E-state index in [0.29, 0.717) is 22.9 Å². The molecule has 0 bridgehead atoms. The standard InChI is InChI=1S/C20H22N4O/c1-13-5-7-15(8-6-13)16-9-10-21-18-17(16)19(25)23-20(22-18)24-11-3-4-14(2)12-24/h5-10,14H,3-4,11-12H2,1-2H3,(H,21,22,23,25). The molecule has 0 saturated carbocycles. The van der Waals surface area contributed by atoms with Crippen molar-refractivity contribution in [2.75, 3.05) is 18.0 Å². The smallest absolute Gasteiger partial charge is 0.262 e. The molecular weight excluding hydrogens is 312 g/mol. The van der Waals surface area contributed by atoms with Crippen LogP contribution in [0.1, 0.15) is 25.3 Å². The lowest BCUT2D eigenvalue weighted by Crippen LogP contribution is -2.36. The number of hydrogen-bond donors (Lipinski definition) is 1. The Kier molecular flexibility index (Phi) is 3.99. The molecule has 1 N–H and O–H groups in total. The average molecular weight is 334 g/mol. The first-order chi connectivity index (χ1) is 12.1. The maximum atomic E-state index is 12.8. The summed E-state index contributed by atoms with van der Waals surface area (Å²) in [7, 11) is 0. The number of rotatable bonds is 2. The highest BCUT2D eigenvalue weighted by atomic mass is 16.1. The van der Waals surface area contributed by atoms with Gasteiger partial charge in [0.25, 0.3) is 5.56 Å². The van der Waals surface area contributed by atoms with Crippen LogP contribution < -0.4 is 10.5 Å². The van der Waals surface area contributed by atoms with Crippen LogP contribution in [0.3, 0.4) is 0 Å². The van der Waals surface area contributed by atoms with Crippen LogP contribution in [0.4, 0.5) is 5.95 Å². The molecule has 1 aromatic carbocycles. The molecule has 5 heteroatoms. The summed E-state index contributed by atoms with van der Waals surface area (Å²) >= 11 is 0. The Balaban J connectivity index is 1.83. The second-order valence-electron chi connectivity index (χ2n) is 7.01. The number of nitrogens with zero attached hydrogens (tertiary/aromatic N) is 3. The molecule has 25 heavy (non-hydrogen) atoms. The topological polar surface area (TPSA) is 61.9 Å². The van der Waals surface area contributed by atoms with E-state index in [2.05, 4.69) is 33.7 Å². The minimum atomic E-state index is -0.123. The van der Waals surface area contributed by atoms with Crippen molar-refractivity contribution in [3.05, 3.63) is 52.4 Å². The number of aromatic amines is 1. The van der Waals surface area contributed by atoms with E-state index in [1.54, 1.807) is 6.20 Å². The zero-order chi connectivity index (χ0) is 17.4. The molecule has 128 valence electrons. The molecular formula is C20H22N4O. The highest BCUT2D eigenvalue weighted by Gasteiger charge is 2.20. The predicted molar refractivity (Wildman–Crippen MR) is 101 cm³/mol. The first-order valence-corrected chi connectivity index (χ1v) is 8.83. The summed E-state index contributed by atoms with van der Waals surface area (Å²) in [6, 6.07) is 10.0. The highest BCUT2D eigenvalue weighted by molar-refractivity contribution is 5.92. The van der Waals surface area contributed by atoms with Gasteiger partial charge in [0.2, 0.25) is 5.95 Å². The van der Waals surface area contributed by atoms with Crippen LogP contribution in [0, 0.1) is 12.8 Å². The Morgan fingerprint density at radius 1 is 1.20 bits per heavy atom. The number of anilines is 1. The summed E-state index contributed by atoms with van der Waals surface area (Å²) < 4.78 is 0. The van der Waals surface area contributed by atoms with E-state index in [-0.39, 0.29) is 5.56 Å². The minimum Gasteiger partial charge on any atom is -0.342 e. The fraction of sp³-hybridized carbons (Fsp3) is 0.350. The molecule has 0 amide bonds. The number of pyridine rings is 1. The molecule has 3 heterocycles. The largest absolute Gasteiger partial charge is 0.342 e. The summed E-state index contributed by atoms with van der Waals surface area (Å²) in [5.41, 5.74) is 3.45. The molecule has 4 rings (SSSR count). The van der Waals surface area contributed by atoms with Crippen molar-refractivity contribution < 1.29 is 0 Å². The second kappa shape index (κ2) is 6.31. The quantitative estimate of drug-likeness (QED) is 0.779. The lowest BCUT2D eigenvalue weighted by molar-refractivity contribution is 0.442. The van der Waals surface area contributed by atoms with Gasteiger partial charge >= 0.3 is 0 Å². The Labute approximate surface area is 146 Å². The highest BCUT2D eigenvalue weighted by Crippen LogP contribution is 2.26. The summed E-state index contributed by atoms with van der Waals surface area (Å²) in [5, 5.41) is 0.556. The maximum Gasteiger partial charge on any atom is 0.262 e. The van der Waals surface area contributed by atoms with Crippen molar-refractivity contribution >= 4 is 17.0 Å². The van der Waals surface area contributed by atoms with Gasteiger partial charge in [-0.3, -0.25) is 9.78 Å². The van der Waals surface area contributed by atoms with Crippen LogP contribution >= 0.6 is 0 Å². The van der Waals surface area contributed by atoms with Gasteiger partial charge in [-0.1, -0.05) is 36.8 Å². The molecule has 3 aromatic rings. The Hall–Kier alpha value is -2.69. The lowest BCUT2D eigenvalue weighted by Gasteiger charge is -2.31. The van der Waals surface area contributed by atoms with E-state index in [0.717, 1.165) is 30.6 Å². The summed E-state index contributed by atoms with van der Waals surface area (Å²) in [6.45, 7) is 6.14. The summed E-state index contributed by atoms with van der Waals surface area (Å²) in [4.78, 5) is 27.0. The lowest BCUT2D eigenvalue weighted by atomic mass is 10.0. The van der Waals surface area contributed by atoms with Crippen molar-refractivity contribution in [1.29, 1.82) is 0 Å². The summed E-state index contributed by atoms with van der Waals surface area (Å²) in [6.07, 6.45) is 4.08. The van der Waals surface area contributed by atoms with Crippen LogP contribution in [0.2, 0.25) is 0 Å². The number of fused-ring (bicyclic) bond motifs is 1. The van der Waals surface area contributed by atoms with E-state index in [9.17, 15) is 4.79 Å². The van der Waals surface area contributed by atoms with Crippen molar-refractivity contribution in [2.24, 2.45) is 5.92 Å². The molecule has 0 radical (unpaired) electrons. The average Bonchev–Trinajstić information content (AvgIpc) is 2.62. The van der Waals surface area contributed by atoms with Gasteiger partial charge in [-0.15, -0.1) is 0 Å². The normalized spacial score (nSPS) is 17.8. The van der Waals surface area contributed by atoms with Crippen LogP contribution in [0.15, 0.2) is 41.3 Å².